The quantitative estimate of drug-likeness (QED) is 0.862. The molecule has 0 saturated carbocycles. The summed E-state index contributed by atoms with van der Waals surface area (Å²) in [6.45, 7) is 0. The number of rotatable bonds is 4. The lowest BCUT2D eigenvalue weighted by Gasteiger charge is -2.15. The highest BCUT2D eigenvalue weighted by atomic mass is 19.4. The molecule has 0 radical (unpaired) electrons. The maximum Gasteiger partial charge on any atom is 0.389 e. The SMILES string of the molecule is NC(CCCC(F)(F)F)c1cccc2ccccc12. The average molecular weight is 267 g/mol. The van der Waals surface area contributed by atoms with Gasteiger partial charge in [-0.15, -0.1) is 0 Å². The molecule has 0 spiro atoms. The molecule has 4 heteroatoms. The van der Waals surface area contributed by atoms with E-state index < -0.39 is 12.6 Å². The number of nitrogens with two attached hydrogens (primary N) is 1. The molecular formula is C15H16F3N. The van der Waals surface area contributed by atoms with Crippen LogP contribution in [0.5, 0.6) is 0 Å². The van der Waals surface area contributed by atoms with Gasteiger partial charge in [0.2, 0.25) is 0 Å². The molecule has 2 N–H and O–H groups in total. The minimum absolute atomic E-state index is 0.0634. The predicted molar refractivity (Wildman–Crippen MR) is 70.8 cm³/mol. The van der Waals surface area contributed by atoms with Crippen LogP contribution >= 0.6 is 0 Å². The summed E-state index contributed by atoms with van der Waals surface area (Å²) in [5.41, 5.74) is 6.94. The molecule has 0 amide bonds. The molecule has 1 unspecified atom stereocenters. The Morgan fingerprint density at radius 2 is 1.68 bits per heavy atom. The summed E-state index contributed by atoms with van der Waals surface area (Å²) in [5, 5.41) is 2.08. The largest absolute Gasteiger partial charge is 0.389 e. The van der Waals surface area contributed by atoms with Crippen molar-refractivity contribution >= 4 is 10.8 Å². The second kappa shape index (κ2) is 5.61. The molecule has 2 rings (SSSR count). The number of halogens is 3. The Kier molecular flexibility index (Phi) is 4.10. The molecule has 0 aromatic heterocycles. The number of fused-ring (bicyclic) bond motifs is 1. The molecule has 1 nitrogen and oxygen atoms in total. The third-order valence-corrected chi connectivity index (χ3v) is 3.20. The molecule has 0 aliphatic rings. The lowest BCUT2D eigenvalue weighted by molar-refractivity contribution is -0.135. The van der Waals surface area contributed by atoms with E-state index in [4.69, 9.17) is 5.73 Å². The topological polar surface area (TPSA) is 26.0 Å². The highest BCUT2D eigenvalue weighted by molar-refractivity contribution is 5.86. The van der Waals surface area contributed by atoms with Gasteiger partial charge < -0.3 is 5.73 Å². The Morgan fingerprint density at radius 3 is 2.42 bits per heavy atom. The fraction of sp³-hybridized carbons (Fsp3) is 0.333. The van der Waals surface area contributed by atoms with Crippen molar-refractivity contribution in [3.05, 3.63) is 48.0 Å². The first kappa shape index (κ1) is 13.9. The minimum atomic E-state index is -4.10. The lowest BCUT2D eigenvalue weighted by Crippen LogP contribution is -2.13. The molecule has 1 atom stereocenters. The van der Waals surface area contributed by atoms with Crippen molar-refractivity contribution in [1.29, 1.82) is 0 Å². The van der Waals surface area contributed by atoms with Gasteiger partial charge in [-0.3, -0.25) is 0 Å². The molecule has 2 aromatic carbocycles. The van der Waals surface area contributed by atoms with Crippen molar-refractivity contribution in [3.8, 4) is 0 Å². The Bertz CT molecular complexity index is 543. The molecule has 0 aliphatic carbocycles. The number of alkyl halides is 3. The van der Waals surface area contributed by atoms with Gasteiger partial charge in [0.1, 0.15) is 0 Å². The van der Waals surface area contributed by atoms with Crippen molar-refractivity contribution in [2.45, 2.75) is 31.5 Å². The van der Waals surface area contributed by atoms with Gasteiger partial charge in [0, 0.05) is 12.5 Å². The van der Waals surface area contributed by atoms with Gasteiger partial charge in [-0.05, 0) is 29.2 Å². The van der Waals surface area contributed by atoms with E-state index in [1.807, 2.05) is 42.5 Å². The van der Waals surface area contributed by atoms with Crippen molar-refractivity contribution in [3.63, 3.8) is 0 Å². The van der Waals surface area contributed by atoms with Crippen LogP contribution in [0, 0.1) is 0 Å². The molecule has 2 aromatic rings. The highest BCUT2D eigenvalue weighted by Gasteiger charge is 2.26. The molecule has 0 aliphatic heterocycles. The van der Waals surface area contributed by atoms with Gasteiger partial charge in [0.15, 0.2) is 0 Å². The van der Waals surface area contributed by atoms with Crippen LogP contribution < -0.4 is 5.73 Å². The van der Waals surface area contributed by atoms with Crippen LogP contribution in [0.4, 0.5) is 13.2 Å². The second-order valence-electron chi connectivity index (χ2n) is 4.68. The zero-order valence-corrected chi connectivity index (χ0v) is 10.5. The summed E-state index contributed by atoms with van der Waals surface area (Å²) < 4.78 is 36.4. The normalized spacial score (nSPS) is 13.7. The van der Waals surface area contributed by atoms with E-state index in [1.165, 1.54) is 0 Å². The summed E-state index contributed by atoms with van der Waals surface area (Å²) in [6, 6.07) is 13.2. The van der Waals surface area contributed by atoms with E-state index in [9.17, 15) is 13.2 Å². The molecule has 102 valence electrons. The van der Waals surface area contributed by atoms with Gasteiger partial charge >= 0.3 is 6.18 Å². The minimum Gasteiger partial charge on any atom is -0.324 e. The maximum absolute atomic E-state index is 12.1. The molecule has 0 saturated heterocycles. The van der Waals surface area contributed by atoms with Gasteiger partial charge in [-0.1, -0.05) is 42.5 Å². The Balaban J connectivity index is 2.11. The fourth-order valence-electron chi connectivity index (χ4n) is 2.25. The molecule has 0 fully saturated rings. The second-order valence-corrected chi connectivity index (χ2v) is 4.68. The van der Waals surface area contributed by atoms with Crippen molar-refractivity contribution in [2.75, 3.05) is 0 Å². The van der Waals surface area contributed by atoms with Crippen molar-refractivity contribution in [2.24, 2.45) is 5.73 Å². The van der Waals surface area contributed by atoms with Gasteiger partial charge in [0.05, 0.1) is 0 Å². The standard InChI is InChI=1S/C15H16F3N/c16-15(17,18)10-4-9-14(19)13-8-3-6-11-5-1-2-7-12(11)13/h1-3,5-8,14H,4,9-10,19H2. The smallest absolute Gasteiger partial charge is 0.324 e. The zero-order chi connectivity index (χ0) is 13.9. The Morgan fingerprint density at radius 1 is 1.00 bits per heavy atom. The highest BCUT2D eigenvalue weighted by Crippen LogP contribution is 2.28. The summed E-state index contributed by atoms with van der Waals surface area (Å²) in [5.74, 6) is 0. The summed E-state index contributed by atoms with van der Waals surface area (Å²) in [7, 11) is 0. The van der Waals surface area contributed by atoms with Crippen LogP contribution in [-0.4, -0.2) is 6.18 Å². The number of hydrogen-bond donors (Lipinski definition) is 1. The number of hydrogen-bond acceptors (Lipinski definition) is 1. The zero-order valence-electron chi connectivity index (χ0n) is 10.5. The van der Waals surface area contributed by atoms with E-state index in [2.05, 4.69) is 0 Å². The third-order valence-electron chi connectivity index (χ3n) is 3.20. The van der Waals surface area contributed by atoms with Crippen LogP contribution in [0.2, 0.25) is 0 Å². The van der Waals surface area contributed by atoms with Crippen LogP contribution in [0.15, 0.2) is 42.5 Å². The molecule has 19 heavy (non-hydrogen) atoms. The van der Waals surface area contributed by atoms with E-state index in [0.29, 0.717) is 6.42 Å². The van der Waals surface area contributed by atoms with Gasteiger partial charge in [-0.2, -0.15) is 13.2 Å². The summed E-state index contributed by atoms with van der Waals surface area (Å²) in [6.07, 6.45) is -4.47. The Labute approximate surface area is 110 Å². The van der Waals surface area contributed by atoms with E-state index >= 15 is 0 Å². The fourth-order valence-corrected chi connectivity index (χ4v) is 2.25. The monoisotopic (exact) mass is 267 g/mol. The number of benzene rings is 2. The van der Waals surface area contributed by atoms with Crippen molar-refractivity contribution in [1.82, 2.24) is 0 Å². The van der Waals surface area contributed by atoms with Crippen LogP contribution in [0.1, 0.15) is 30.9 Å². The molecular weight excluding hydrogens is 251 g/mol. The summed E-state index contributed by atoms with van der Waals surface area (Å²) >= 11 is 0. The van der Waals surface area contributed by atoms with Gasteiger partial charge in [0.25, 0.3) is 0 Å². The first-order valence-corrected chi connectivity index (χ1v) is 6.27. The third kappa shape index (κ3) is 3.70. The predicted octanol–water partition coefficient (Wildman–Crippen LogP) is 4.57. The maximum atomic E-state index is 12.1. The van der Waals surface area contributed by atoms with E-state index in [-0.39, 0.29) is 12.5 Å². The lowest BCUT2D eigenvalue weighted by atomic mass is 9.96. The molecule has 0 bridgehead atoms. The van der Waals surface area contributed by atoms with Crippen molar-refractivity contribution < 1.29 is 13.2 Å². The average Bonchev–Trinajstić information content (AvgIpc) is 2.36. The van der Waals surface area contributed by atoms with E-state index in [0.717, 1.165) is 16.3 Å². The van der Waals surface area contributed by atoms with Crippen LogP contribution in [-0.2, 0) is 0 Å². The van der Waals surface area contributed by atoms with E-state index in [1.54, 1.807) is 0 Å². The van der Waals surface area contributed by atoms with Crippen LogP contribution in [0.25, 0.3) is 10.8 Å². The molecule has 0 heterocycles. The first-order valence-electron chi connectivity index (χ1n) is 6.27. The summed E-state index contributed by atoms with van der Waals surface area (Å²) in [4.78, 5) is 0. The first-order chi connectivity index (χ1) is 8.97. The van der Waals surface area contributed by atoms with Gasteiger partial charge in [-0.25, -0.2) is 0 Å². The Hall–Kier alpha value is -1.55. The van der Waals surface area contributed by atoms with Crippen LogP contribution in [0.3, 0.4) is 0 Å².